The van der Waals surface area contributed by atoms with E-state index in [1.54, 1.807) is 53.3 Å². The average molecular weight is 389 g/mol. The predicted octanol–water partition coefficient (Wildman–Crippen LogP) is 3.11. The number of carbonyl (C=O) groups is 3. The van der Waals surface area contributed by atoms with E-state index >= 15 is 0 Å². The lowest BCUT2D eigenvalue weighted by Crippen LogP contribution is -2.20. The van der Waals surface area contributed by atoms with Crippen molar-refractivity contribution in [3.05, 3.63) is 77.1 Å². The molecule has 0 spiro atoms. The van der Waals surface area contributed by atoms with Crippen molar-refractivity contribution in [1.29, 1.82) is 0 Å². The summed E-state index contributed by atoms with van der Waals surface area (Å²) >= 11 is 0. The topological polar surface area (TPSA) is 90.3 Å². The maximum atomic E-state index is 12.4. The van der Waals surface area contributed by atoms with Gasteiger partial charge in [0, 0.05) is 29.6 Å². The highest BCUT2D eigenvalue weighted by Crippen LogP contribution is 2.23. The Morgan fingerprint density at radius 3 is 2.55 bits per heavy atom. The summed E-state index contributed by atoms with van der Waals surface area (Å²) < 4.78 is 6.94. The van der Waals surface area contributed by atoms with E-state index in [0.29, 0.717) is 24.0 Å². The molecule has 1 aromatic heterocycles. The number of hydrogen-bond donors (Lipinski definition) is 1. The van der Waals surface area contributed by atoms with Crippen LogP contribution in [-0.4, -0.2) is 34.0 Å². The maximum Gasteiger partial charge on any atom is 0.338 e. The molecule has 4 rings (SSSR count). The van der Waals surface area contributed by atoms with Crippen LogP contribution in [0.2, 0.25) is 0 Å². The Kier molecular flexibility index (Phi) is 4.95. The van der Waals surface area contributed by atoms with Crippen LogP contribution in [0.5, 0.6) is 0 Å². The molecular formula is C22H19N3O4. The second-order valence-electron chi connectivity index (χ2n) is 6.85. The van der Waals surface area contributed by atoms with Crippen molar-refractivity contribution in [1.82, 2.24) is 9.78 Å². The van der Waals surface area contributed by atoms with Gasteiger partial charge in [0.2, 0.25) is 5.91 Å². The smallest absolute Gasteiger partial charge is 0.338 e. The number of aryl methyl sites for hydroxylation is 2. The molecule has 0 saturated heterocycles. The largest absolute Gasteiger partial charge is 0.454 e. The third-order valence-corrected chi connectivity index (χ3v) is 4.84. The number of nitrogens with zero attached hydrogens (tertiary/aromatic N) is 2. The van der Waals surface area contributed by atoms with Crippen LogP contribution in [0.1, 0.15) is 38.4 Å². The van der Waals surface area contributed by atoms with E-state index in [-0.39, 0.29) is 18.3 Å². The summed E-state index contributed by atoms with van der Waals surface area (Å²) in [5.74, 6) is -0.881. The van der Waals surface area contributed by atoms with Crippen LogP contribution in [0.3, 0.4) is 0 Å². The van der Waals surface area contributed by atoms with E-state index in [4.69, 9.17) is 4.74 Å². The molecule has 3 aromatic rings. The van der Waals surface area contributed by atoms with Gasteiger partial charge in [-0.05, 0) is 67.4 Å². The highest BCUT2D eigenvalue weighted by molar-refractivity contribution is 6.01. The normalized spacial score (nSPS) is 12.8. The number of esters is 1. The summed E-state index contributed by atoms with van der Waals surface area (Å²) in [5, 5.41) is 7.00. The molecule has 0 fully saturated rings. The van der Waals surface area contributed by atoms with E-state index in [2.05, 4.69) is 10.4 Å². The summed E-state index contributed by atoms with van der Waals surface area (Å²) in [5.41, 5.74) is 4.27. The van der Waals surface area contributed by atoms with Crippen molar-refractivity contribution in [2.24, 2.45) is 0 Å². The van der Waals surface area contributed by atoms with Crippen molar-refractivity contribution in [3.63, 3.8) is 0 Å². The molecule has 29 heavy (non-hydrogen) atoms. The molecule has 0 unspecified atom stereocenters. The van der Waals surface area contributed by atoms with Gasteiger partial charge >= 0.3 is 5.97 Å². The van der Waals surface area contributed by atoms with Gasteiger partial charge in [-0.2, -0.15) is 5.10 Å². The number of anilines is 1. The molecule has 7 heteroatoms. The molecule has 2 aromatic carbocycles. The number of ether oxygens (including phenoxy) is 1. The highest BCUT2D eigenvalue weighted by atomic mass is 16.5. The monoisotopic (exact) mass is 389 g/mol. The minimum Gasteiger partial charge on any atom is -0.454 e. The highest BCUT2D eigenvalue weighted by Gasteiger charge is 2.18. The lowest BCUT2D eigenvalue weighted by atomic mass is 9.99. The maximum absolute atomic E-state index is 12.4. The van der Waals surface area contributed by atoms with Gasteiger partial charge in [0.1, 0.15) is 0 Å². The number of aromatic nitrogens is 2. The third kappa shape index (κ3) is 3.94. The zero-order valence-corrected chi connectivity index (χ0v) is 15.8. The molecule has 1 aliphatic heterocycles. The molecule has 0 saturated carbocycles. The van der Waals surface area contributed by atoms with Gasteiger partial charge in [0.05, 0.1) is 11.3 Å². The molecule has 0 atom stereocenters. The van der Waals surface area contributed by atoms with E-state index in [1.807, 2.05) is 13.0 Å². The van der Waals surface area contributed by atoms with E-state index in [9.17, 15) is 14.4 Å². The van der Waals surface area contributed by atoms with E-state index in [1.165, 1.54) is 0 Å². The molecular weight excluding hydrogens is 370 g/mol. The van der Waals surface area contributed by atoms with Crippen LogP contribution in [0.25, 0.3) is 5.69 Å². The Bertz CT molecular complexity index is 1100. The lowest BCUT2D eigenvalue weighted by Gasteiger charge is -2.17. The summed E-state index contributed by atoms with van der Waals surface area (Å²) in [6, 6.07) is 13.8. The molecule has 2 heterocycles. The zero-order valence-electron chi connectivity index (χ0n) is 15.8. The molecule has 0 radical (unpaired) electrons. The zero-order chi connectivity index (χ0) is 20.4. The summed E-state index contributed by atoms with van der Waals surface area (Å²) in [6.45, 7) is 1.60. The Balaban J connectivity index is 1.39. The fourth-order valence-corrected chi connectivity index (χ4v) is 3.23. The minimum atomic E-state index is -0.563. The first-order valence-corrected chi connectivity index (χ1v) is 9.25. The minimum absolute atomic E-state index is 0.0285. The molecule has 0 bridgehead atoms. The summed E-state index contributed by atoms with van der Waals surface area (Å²) in [6.07, 6.45) is 2.69. The average Bonchev–Trinajstić information content (AvgIpc) is 3.17. The van der Waals surface area contributed by atoms with Gasteiger partial charge in [-0.3, -0.25) is 9.59 Å². The summed E-state index contributed by atoms with van der Waals surface area (Å²) in [4.78, 5) is 36.1. The quantitative estimate of drug-likeness (QED) is 0.535. The van der Waals surface area contributed by atoms with Crippen LogP contribution in [-0.2, 0) is 16.0 Å². The van der Waals surface area contributed by atoms with Crippen LogP contribution in [0.4, 0.5) is 5.69 Å². The molecule has 1 aliphatic rings. The van der Waals surface area contributed by atoms with Gasteiger partial charge in [0.15, 0.2) is 12.4 Å². The number of fused-ring (bicyclic) bond motifs is 1. The third-order valence-electron chi connectivity index (χ3n) is 4.84. The number of benzene rings is 2. The van der Waals surface area contributed by atoms with Gasteiger partial charge in [-0.25, -0.2) is 9.48 Å². The van der Waals surface area contributed by atoms with E-state index < -0.39 is 5.97 Å². The second-order valence-corrected chi connectivity index (χ2v) is 6.85. The number of Topliss-reactive ketones (excluding diaryl/α,β-unsaturated/α-hetero) is 1. The van der Waals surface area contributed by atoms with Gasteiger partial charge in [0.25, 0.3) is 0 Å². The fourth-order valence-electron chi connectivity index (χ4n) is 3.23. The number of rotatable bonds is 5. The summed E-state index contributed by atoms with van der Waals surface area (Å²) in [7, 11) is 0. The molecule has 0 aliphatic carbocycles. The lowest BCUT2D eigenvalue weighted by molar-refractivity contribution is -0.116. The first-order chi connectivity index (χ1) is 14.0. The van der Waals surface area contributed by atoms with Crippen LogP contribution in [0, 0.1) is 6.92 Å². The number of amides is 1. The Hall–Kier alpha value is -3.74. The number of carbonyl (C=O) groups excluding carboxylic acids is 3. The first kappa shape index (κ1) is 18.6. The number of hydrogen-bond acceptors (Lipinski definition) is 5. The fraction of sp³-hybridized carbons (Fsp3) is 0.182. The van der Waals surface area contributed by atoms with Gasteiger partial charge in [-0.15, -0.1) is 0 Å². The molecule has 1 N–H and O–H groups in total. The van der Waals surface area contributed by atoms with Crippen LogP contribution >= 0.6 is 0 Å². The molecule has 1 amide bonds. The van der Waals surface area contributed by atoms with Crippen molar-refractivity contribution in [2.45, 2.75) is 19.8 Å². The Morgan fingerprint density at radius 1 is 1.07 bits per heavy atom. The van der Waals surface area contributed by atoms with Crippen molar-refractivity contribution in [3.8, 4) is 5.69 Å². The van der Waals surface area contributed by atoms with E-state index in [0.717, 1.165) is 22.6 Å². The van der Waals surface area contributed by atoms with Crippen molar-refractivity contribution >= 4 is 23.3 Å². The van der Waals surface area contributed by atoms with Crippen molar-refractivity contribution < 1.29 is 19.1 Å². The van der Waals surface area contributed by atoms with Crippen LogP contribution in [0.15, 0.2) is 54.7 Å². The van der Waals surface area contributed by atoms with Gasteiger partial charge < -0.3 is 10.1 Å². The first-order valence-electron chi connectivity index (χ1n) is 9.25. The van der Waals surface area contributed by atoms with Gasteiger partial charge in [-0.1, -0.05) is 0 Å². The predicted molar refractivity (Wildman–Crippen MR) is 106 cm³/mol. The number of nitrogens with one attached hydrogen (secondary N) is 1. The SMILES string of the molecule is Cc1ccnn1-c1ccc(C(=O)OCC(=O)c2ccc3c(c2)CCC(=O)N3)cc1. The van der Waals surface area contributed by atoms with Crippen LogP contribution < -0.4 is 5.32 Å². The standard InChI is InChI=1S/C22H19N3O4/c1-14-10-11-23-25(14)18-6-2-15(3-7-18)22(28)29-13-20(26)17-4-8-19-16(12-17)5-9-21(27)24-19/h2-4,6-8,10-12H,5,9,13H2,1H3,(H,24,27). The molecule has 7 nitrogen and oxygen atoms in total. The Labute approximate surface area is 167 Å². The number of ketones is 1. The van der Waals surface area contributed by atoms with Crippen molar-refractivity contribution in [2.75, 3.05) is 11.9 Å². The Morgan fingerprint density at radius 2 is 1.83 bits per heavy atom. The second kappa shape index (κ2) is 7.71. The molecule has 146 valence electrons.